The number of para-hydroxylation sites is 2. The molecule has 1 fully saturated rings. The third-order valence-corrected chi connectivity index (χ3v) is 4.18. The lowest BCUT2D eigenvalue weighted by molar-refractivity contribution is -0.119. The van der Waals surface area contributed by atoms with Gasteiger partial charge in [0.15, 0.2) is 0 Å². The molecular weight excluding hydrogens is 278 g/mol. The molecule has 1 aromatic carbocycles. The van der Waals surface area contributed by atoms with Crippen LogP contribution in [0.4, 0.5) is 5.69 Å². The molecule has 0 saturated carbocycles. The molecule has 1 heterocycles. The number of carbonyl (C=O) groups is 1. The quantitative estimate of drug-likeness (QED) is 0.808. The van der Waals surface area contributed by atoms with Crippen LogP contribution in [-0.4, -0.2) is 50.1 Å². The molecule has 0 unspecified atom stereocenters. The molecule has 0 aliphatic carbocycles. The van der Waals surface area contributed by atoms with Gasteiger partial charge in [-0.1, -0.05) is 12.1 Å². The molecule has 0 spiro atoms. The molecule has 1 saturated heterocycles. The highest BCUT2D eigenvalue weighted by atomic mass is 16.5. The van der Waals surface area contributed by atoms with Gasteiger partial charge in [0, 0.05) is 19.1 Å². The van der Waals surface area contributed by atoms with E-state index in [1.807, 2.05) is 24.3 Å². The molecule has 1 aliphatic rings. The van der Waals surface area contributed by atoms with Crippen molar-refractivity contribution < 1.29 is 9.53 Å². The van der Waals surface area contributed by atoms with E-state index in [-0.39, 0.29) is 12.5 Å². The third kappa shape index (κ3) is 4.63. The van der Waals surface area contributed by atoms with Gasteiger partial charge in [0.25, 0.3) is 0 Å². The Labute approximate surface area is 133 Å². The minimum Gasteiger partial charge on any atom is -0.495 e. The van der Waals surface area contributed by atoms with E-state index in [0.717, 1.165) is 31.1 Å². The van der Waals surface area contributed by atoms with E-state index >= 15 is 0 Å². The predicted octanol–water partition coefficient (Wildman–Crippen LogP) is 1.95. The smallest absolute Gasteiger partial charge is 0.239 e. The number of anilines is 1. The van der Waals surface area contributed by atoms with E-state index in [1.165, 1.54) is 6.42 Å². The van der Waals surface area contributed by atoms with Crippen LogP contribution in [-0.2, 0) is 4.79 Å². The van der Waals surface area contributed by atoms with Gasteiger partial charge >= 0.3 is 0 Å². The molecule has 1 aromatic rings. The van der Waals surface area contributed by atoms with E-state index < -0.39 is 0 Å². The molecule has 5 nitrogen and oxygen atoms in total. The Morgan fingerprint density at radius 2 is 2.18 bits per heavy atom. The molecule has 0 aromatic heterocycles. The number of nitrogens with one attached hydrogen (secondary N) is 2. The molecule has 122 valence electrons. The molecule has 0 radical (unpaired) electrons. The minimum absolute atomic E-state index is 0.0221. The van der Waals surface area contributed by atoms with Gasteiger partial charge in [-0.3, -0.25) is 4.79 Å². The lowest BCUT2D eigenvalue weighted by Gasteiger charge is -2.20. The maximum atomic E-state index is 12.0. The largest absolute Gasteiger partial charge is 0.495 e. The van der Waals surface area contributed by atoms with Gasteiger partial charge in [-0.2, -0.15) is 0 Å². The van der Waals surface area contributed by atoms with Crippen molar-refractivity contribution in [3.05, 3.63) is 24.3 Å². The maximum Gasteiger partial charge on any atom is 0.239 e. The summed E-state index contributed by atoms with van der Waals surface area (Å²) in [5, 5.41) is 6.14. The highest BCUT2D eigenvalue weighted by molar-refractivity contribution is 5.81. The van der Waals surface area contributed by atoms with Gasteiger partial charge < -0.3 is 20.3 Å². The van der Waals surface area contributed by atoms with Crippen molar-refractivity contribution in [2.24, 2.45) is 5.92 Å². The number of rotatable bonds is 7. The number of likely N-dealkylation sites (tertiary alicyclic amines) is 1. The maximum absolute atomic E-state index is 12.0. The molecule has 5 heteroatoms. The molecule has 1 amide bonds. The summed E-state index contributed by atoms with van der Waals surface area (Å²) in [6.07, 6.45) is 1.17. The molecule has 22 heavy (non-hydrogen) atoms. The van der Waals surface area contributed by atoms with Gasteiger partial charge in [-0.25, -0.2) is 0 Å². The predicted molar refractivity (Wildman–Crippen MR) is 89.3 cm³/mol. The fourth-order valence-electron chi connectivity index (χ4n) is 2.79. The first kappa shape index (κ1) is 16.6. The lowest BCUT2D eigenvalue weighted by Crippen LogP contribution is -2.35. The molecule has 2 rings (SSSR count). The van der Waals surface area contributed by atoms with Gasteiger partial charge in [0.2, 0.25) is 5.91 Å². The van der Waals surface area contributed by atoms with Crippen LogP contribution in [0.2, 0.25) is 0 Å². The normalized spacial score (nSPS) is 18.5. The van der Waals surface area contributed by atoms with Crippen LogP contribution < -0.4 is 15.4 Å². The summed E-state index contributed by atoms with van der Waals surface area (Å²) < 4.78 is 5.25. The Balaban J connectivity index is 1.70. The summed E-state index contributed by atoms with van der Waals surface area (Å²) in [4.78, 5) is 14.4. The first-order chi connectivity index (χ1) is 10.6. The fraction of sp³-hybridized carbons (Fsp3) is 0.588. The van der Waals surface area contributed by atoms with Crippen molar-refractivity contribution >= 4 is 11.6 Å². The van der Waals surface area contributed by atoms with Gasteiger partial charge in [-0.05, 0) is 44.9 Å². The topological polar surface area (TPSA) is 53.6 Å². The van der Waals surface area contributed by atoms with Crippen molar-refractivity contribution in [3.63, 3.8) is 0 Å². The van der Waals surface area contributed by atoms with Crippen molar-refractivity contribution in [1.82, 2.24) is 10.2 Å². The van der Waals surface area contributed by atoms with Gasteiger partial charge in [0.05, 0.1) is 19.3 Å². The van der Waals surface area contributed by atoms with Crippen LogP contribution in [0.25, 0.3) is 0 Å². The highest BCUT2D eigenvalue weighted by Gasteiger charge is 2.24. The van der Waals surface area contributed by atoms with Crippen molar-refractivity contribution in [1.29, 1.82) is 0 Å². The Morgan fingerprint density at radius 3 is 2.86 bits per heavy atom. The number of nitrogens with zero attached hydrogens (tertiary/aromatic N) is 1. The van der Waals surface area contributed by atoms with Crippen LogP contribution in [0.15, 0.2) is 24.3 Å². The number of methoxy groups -OCH3 is 1. The number of hydrogen-bond donors (Lipinski definition) is 2. The first-order valence-electron chi connectivity index (χ1n) is 7.97. The molecule has 1 aliphatic heterocycles. The second kappa shape index (κ2) is 8.03. The summed E-state index contributed by atoms with van der Waals surface area (Å²) >= 11 is 0. The average molecular weight is 305 g/mol. The average Bonchev–Trinajstić information content (AvgIpc) is 3.00. The monoisotopic (exact) mass is 305 g/mol. The zero-order valence-corrected chi connectivity index (χ0v) is 13.8. The van der Waals surface area contributed by atoms with Crippen LogP contribution >= 0.6 is 0 Å². The minimum atomic E-state index is 0.0221. The Hall–Kier alpha value is -1.75. The van der Waals surface area contributed by atoms with Gasteiger partial charge in [-0.15, -0.1) is 0 Å². The lowest BCUT2D eigenvalue weighted by atomic mass is 10.1. The summed E-state index contributed by atoms with van der Waals surface area (Å²) in [6.45, 7) is 7.68. The second-order valence-corrected chi connectivity index (χ2v) is 6.10. The number of amides is 1. The van der Waals surface area contributed by atoms with E-state index in [0.29, 0.717) is 12.0 Å². The van der Waals surface area contributed by atoms with Crippen LogP contribution in [0.1, 0.15) is 20.3 Å². The molecule has 0 bridgehead atoms. The number of carbonyl (C=O) groups excluding carboxylic acids is 1. The standard InChI is InChI=1S/C17H27N3O2/c1-13(2)20-9-8-14(12-20)10-19-17(21)11-18-15-6-4-5-7-16(15)22-3/h4-7,13-14,18H,8-12H2,1-3H3,(H,19,21)/t14-/m1/s1. The second-order valence-electron chi connectivity index (χ2n) is 6.10. The summed E-state index contributed by atoms with van der Waals surface area (Å²) in [5.41, 5.74) is 0.840. The van der Waals surface area contributed by atoms with Crippen LogP contribution in [0.5, 0.6) is 5.75 Å². The number of hydrogen-bond acceptors (Lipinski definition) is 4. The van der Waals surface area contributed by atoms with E-state index in [1.54, 1.807) is 7.11 Å². The third-order valence-electron chi connectivity index (χ3n) is 4.18. The first-order valence-corrected chi connectivity index (χ1v) is 7.97. The Kier molecular flexibility index (Phi) is 6.07. The molecule has 1 atom stereocenters. The summed E-state index contributed by atoms with van der Waals surface area (Å²) in [5.74, 6) is 1.34. The SMILES string of the molecule is COc1ccccc1NCC(=O)NC[C@H]1CCN(C(C)C)C1. The zero-order valence-electron chi connectivity index (χ0n) is 13.8. The summed E-state index contributed by atoms with van der Waals surface area (Å²) in [7, 11) is 1.63. The van der Waals surface area contributed by atoms with Crippen molar-refractivity contribution in [3.8, 4) is 5.75 Å². The van der Waals surface area contributed by atoms with E-state index in [2.05, 4.69) is 29.4 Å². The Bertz CT molecular complexity index is 491. The fourth-order valence-corrected chi connectivity index (χ4v) is 2.79. The summed E-state index contributed by atoms with van der Waals surface area (Å²) in [6, 6.07) is 8.20. The molecule has 2 N–H and O–H groups in total. The van der Waals surface area contributed by atoms with E-state index in [9.17, 15) is 4.79 Å². The number of ether oxygens (including phenoxy) is 1. The van der Waals surface area contributed by atoms with Gasteiger partial charge in [0.1, 0.15) is 5.75 Å². The van der Waals surface area contributed by atoms with E-state index in [4.69, 9.17) is 4.74 Å². The van der Waals surface area contributed by atoms with Crippen LogP contribution in [0.3, 0.4) is 0 Å². The number of benzene rings is 1. The zero-order chi connectivity index (χ0) is 15.9. The van der Waals surface area contributed by atoms with Crippen LogP contribution in [0, 0.1) is 5.92 Å². The Morgan fingerprint density at radius 1 is 1.41 bits per heavy atom. The van der Waals surface area contributed by atoms with Crippen molar-refractivity contribution in [2.75, 3.05) is 38.6 Å². The highest BCUT2D eigenvalue weighted by Crippen LogP contribution is 2.22. The van der Waals surface area contributed by atoms with Crippen molar-refractivity contribution in [2.45, 2.75) is 26.3 Å². The molecular formula is C17H27N3O2.